The quantitative estimate of drug-likeness (QED) is 0.391. The van der Waals surface area contributed by atoms with Gasteiger partial charge in [-0.15, -0.1) is 6.58 Å². The van der Waals surface area contributed by atoms with E-state index in [0.29, 0.717) is 0 Å². The molecule has 0 aromatic carbocycles. The number of allylic oxidation sites excluding steroid dienone is 1. The Kier molecular flexibility index (Phi) is 12.4. The lowest BCUT2D eigenvalue weighted by atomic mass is 10.1. The Balaban J connectivity index is 2.81. The van der Waals surface area contributed by atoms with Crippen LogP contribution in [0.2, 0.25) is 0 Å². The van der Waals surface area contributed by atoms with Crippen molar-refractivity contribution < 1.29 is 0 Å². The van der Waals surface area contributed by atoms with E-state index in [1.54, 1.807) is 0 Å². The molecule has 0 unspecified atom stereocenters. The van der Waals surface area contributed by atoms with Crippen molar-refractivity contribution in [3.8, 4) is 0 Å². The van der Waals surface area contributed by atoms with Crippen LogP contribution in [0.15, 0.2) is 12.7 Å². The van der Waals surface area contributed by atoms with E-state index < -0.39 is 0 Å². The fourth-order valence-electron chi connectivity index (χ4n) is 1.52. The summed E-state index contributed by atoms with van der Waals surface area (Å²) in [5.74, 6) is 0. The minimum absolute atomic E-state index is 1.18. The van der Waals surface area contributed by atoms with E-state index in [0.717, 1.165) is 0 Å². The minimum atomic E-state index is 1.18. The van der Waals surface area contributed by atoms with E-state index in [4.69, 9.17) is 0 Å². The Hall–Kier alpha value is -0.300. The van der Waals surface area contributed by atoms with Gasteiger partial charge in [0.15, 0.2) is 0 Å². The van der Waals surface area contributed by atoms with Crippen LogP contribution in [-0.4, -0.2) is 13.1 Å². The van der Waals surface area contributed by atoms with Crippen LogP contribution in [0.4, 0.5) is 0 Å². The van der Waals surface area contributed by atoms with Crippen LogP contribution in [0.1, 0.15) is 58.3 Å². The Labute approximate surface area is 90.0 Å². The zero-order chi connectivity index (χ0) is 10.5. The molecule has 0 amide bonds. The number of rotatable bonds is 11. The molecular formula is C13H27N. The van der Waals surface area contributed by atoms with Crippen LogP contribution in [0.5, 0.6) is 0 Å². The number of unbranched alkanes of at least 4 members (excludes halogenated alkanes) is 6. The van der Waals surface area contributed by atoms with Crippen molar-refractivity contribution in [2.45, 2.75) is 58.3 Å². The monoisotopic (exact) mass is 197 g/mol. The molecule has 1 heteroatoms. The Morgan fingerprint density at radius 3 is 2.21 bits per heavy atom. The standard InChI is InChI=1S/C13H27N/c1-3-5-7-8-9-11-13-14-12-10-6-4-2/h3,14H,1,4-13H2,2H3. The van der Waals surface area contributed by atoms with Crippen LogP contribution in [-0.2, 0) is 0 Å². The van der Waals surface area contributed by atoms with Gasteiger partial charge in [0.1, 0.15) is 0 Å². The highest BCUT2D eigenvalue weighted by molar-refractivity contribution is 4.65. The van der Waals surface area contributed by atoms with E-state index in [2.05, 4.69) is 18.8 Å². The van der Waals surface area contributed by atoms with Gasteiger partial charge >= 0.3 is 0 Å². The summed E-state index contributed by atoms with van der Waals surface area (Å²) < 4.78 is 0. The molecule has 14 heavy (non-hydrogen) atoms. The zero-order valence-electron chi connectivity index (χ0n) is 9.86. The van der Waals surface area contributed by atoms with Gasteiger partial charge in [-0.2, -0.15) is 0 Å². The van der Waals surface area contributed by atoms with Crippen molar-refractivity contribution in [3.05, 3.63) is 12.7 Å². The molecule has 0 saturated heterocycles. The van der Waals surface area contributed by atoms with Crippen molar-refractivity contribution in [2.75, 3.05) is 13.1 Å². The second kappa shape index (κ2) is 12.7. The Morgan fingerprint density at radius 1 is 0.929 bits per heavy atom. The lowest BCUT2D eigenvalue weighted by molar-refractivity contribution is 0.568. The molecule has 0 aromatic rings. The third-order valence-electron chi connectivity index (χ3n) is 2.47. The first-order valence-corrected chi connectivity index (χ1v) is 6.23. The largest absolute Gasteiger partial charge is 0.317 e. The van der Waals surface area contributed by atoms with Gasteiger partial charge in [-0.3, -0.25) is 0 Å². The number of hydrogen-bond donors (Lipinski definition) is 1. The molecule has 1 N–H and O–H groups in total. The summed E-state index contributed by atoms with van der Waals surface area (Å²) in [7, 11) is 0. The van der Waals surface area contributed by atoms with E-state index in [9.17, 15) is 0 Å². The van der Waals surface area contributed by atoms with Gasteiger partial charge in [-0.05, 0) is 38.8 Å². The molecule has 1 nitrogen and oxygen atoms in total. The molecule has 0 aliphatic carbocycles. The molecule has 0 heterocycles. The second-order valence-electron chi connectivity index (χ2n) is 3.95. The summed E-state index contributed by atoms with van der Waals surface area (Å²) in [6.45, 7) is 8.39. The molecule has 0 aliphatic heterocycles. The van der Waals surface area contributed by atoms with Crippen molar-refractivity contribution in [3.63, 3.8) is 0 Å². The van der Waals surface area contributed by atoms with E-state index in [1.165, 1.54) is 64.5 Å². The highest BCUT2D eigenvalue weighted by atomic mass is 14.8. The maximum atomic E-state index is 3.72. The van der Waals surface area contributed by atoms with Crippen LogP contribution in [0.3, 0.4) is 0 Å². The normalized spacial score (nSPS) is 10.4. The maximum absolute atomic E-state index is 3.72. The molecule has 0 saturated carbocycles. The fraction of sp³-hybridized carbons (Fsp3) is 0.846. The van der Waals surface area contributed by atoms with Gasteiger partial charge in [-0.25, -0.2) is 0 Å². The van der Waals surface area contributed by atoms with Gasteiger partial charge in [0.25, 0.3) is 0 Å². The summed E-state index contributed by atoms with van der Waals surface area (Å²) in [6.07, 6.45) is 12.6. The predicted molar refractivity (Wildman–Crippen MR) is 65.7 cm³/mol. The third-order valence-corrected chi connectivity index (χ3v) is 2.47. The Morgan fingerprint density at radius 2 is 1.57 bits per heavy atom. The van der Waals surface area contributed by atoms with Gasteiger partial charge in [0, 0.05) is 0 Å². The van der Waals surface area contributed by atoms with Crippen LogP contribution in [0.25, 0.3) is 0 Å². The lowest BCUT2D eigenvalue weighted by Gasteiger charge is -2.03. The topological polar surface area (TPSA) is 12.0 Å². The van der Waals surface area contributed by atoms with Crippen molar-refractivity contribution >= 4 is 0 Å². The first-order valence-electron chi connectivity index (χ1n) is 6.23. The molecule has 84 valence electrons. The van der Waals surface area contributed by atoms with E-state index in [-0.39, 0.29) is 0 Å². The second-order valence-corrected chi connectivity index (χ2v) is 3.95. The summed E-state index contributed by atoms with van der Waals surface area (Å²) in [5.41, 5.74) is 0. The van der Waals surface area contributed by atoms with Crippen molar-refractivity contribution in [1.82, 2.24) is 5.32 Å². The average Bonchev–Trinajstić information content (AvgIpc) is 2.21. The van der Waals surface area contributed by atoms with Crippen molar-refractivity contribution in [2.24, 2.45) is 0 Å². The summed E-state index contributed by atoms with van der Waals surface area (Å²) in [4.78, 5) is 0. The summed E-state index contributed by atoms with van der Waals surface area (Å²) in [5, 5.41) is 3.49. The van der Waals surface area contributed by atoms with Gasteiger partial charge in [0.05, 0.1) is 0 Å². The molecular weight excluding hydrogens is 170 g/mol. The highest BCUT2D eigenvalue weighted by Gasteiger charge is 1.89. The van der Waals surface area contributed by atoms with Crippen LogP contribution < -0.4 is 5.32 Å². The van der Waals surface area contributed by atoms with Gasteiger partial charge in [0.2, 0.25) is 0 Å². The third kappa shape index (κ3) is 11.7. The highest BCUT2D eigenvalue weighted by Crippen LogP contribution is 2.02. The average molecular weight is 197 g/mol. The molecule has 0 atom stereocenters. The summed E-state index contributed by atoms with van der Waals surface area (Å²) in [6, 6.07) is 0. The zero-order valence-corrected chi connectivity index (χ0v) is 9.86. The molecule has 0 bridgehead atoms. The first-order chi connectivity index (χ1) is 6.91. The Bertz CT molecular complexity index is 110. The molecule has 0 fully saturated rings. The minimum Gasteiger partial charge on any atom is -0.317 e. The van der Waals surface area contributed by atoms with Crippen LogP contribution in [0, 0.1) is 0 Å². The SMILES string of the molecule is C=CCCCCCCNCCCCC. The van der Waals surface area contributed by atoms with Gasteiger partial charge in [-0.1, -0.05) is 38.7 Å². The maximum Gasteiger partial charge on any atom is -0.00489 e. The van der Waals surface area contributed by atoms with Crippen molar-refractivity contribution in [1.29, 1.82) is 0 Å². The molecule has 0 radical (unpaired) electrons. The van der Waals surface area contributed by atoms with Crippen LogP contribution >= 0.6 is 0 Å². The molecule has 0 aromatic heterocycles. The van der Waals surface area contributed by atoms with E-state index in [1.807, 2.05) is 6.08 Å². The molecule has 0 aliphatic rings. The molecule has 0 rings (SSSR count). The van der Waals surface area contributed by atoms with E-state index >= 15 is 0 Å². The lowest BCUT2D eigenvalue weighted by Crippen LogP contribution is -2.16. The van der Waals surface area contributed by atoms with Gasteiger partial charge < -0.3 is 5.32 Å². The number of nitrogens with one attached hydrogen (secondary N) is 1. The number of hydrogen-bond acceptors (Lipinski definition) is 1. The molecule has 0 spiro atoms. The predicted octanol–water partition coefficient (Wildman–Crippen LogP) is 3.90. The summed E-state index contributed by atoms with van der Waals surface area (Å²) >= 11 is 0. The smallest absolute Gasteiger partial charge is 0.00489 e. The fourth-order valence-corrected chi connectivity index (χ4v) is 1.52. The first kappa shape index (κ1) is 13.7.